The maximum absolute atomic E-state index is 9.80. The van der Waals surface area contributed by atoms with Gasteiger partial charge in [0, 0.05) is 18.7 Å². The molecule has 0 heterocycles. The molecule has 2 aromatic carbocycles. The van der Waals surface area contributed by atoms with Gasteiger partial charge >= 0.3 is 0 Å². The van der Waals surface area contributed by atoms with Crippen molar-refractivity contribution >= 4 is 17.1 Å². The van der Waals surface area contributed by atoms with Crippen molar-refractivity contribution in [1.82, 2.24) is 0 Å². The van der Waals surface area contributed by atoms with E-state index in [9.17, 15) is 5.11 Å². The maximum atomic E-state index is 9.80. The zero-order valence-corrected chi connectivity index (χ0v) is 14.4. The Morgan fingerprint density at radius 2 is 1.75 bits per heavy atom. The van der Waals surface area contributed by atoms with Gasteiger partial charge in [-0.25, -0.2) is 0 Å². The average Bonchev–Trinajstić information content (AvgIpc) is 2.58. The van der Waals surface area contributed by atoms with Crippen molar-refractivity contribution in [2.24, 2.45) is 0 Å². The van der Waals surface area contributed by atoms with Crippen molar-refractivity contribution in [1.29, 1.82) is 0 Å². The monoisotopic (exact) mass is 326 g/mol. The van der Waals surface area contributed by atoms with Crippen LogP contribution in [0.25, 0.3) is 5.76 Å². The van der Waals surface area contributed by atoms with Crippen LogP contribution >= 0.6 is 0 Å². The summed E-state index contributed by atoms with van der Waals surface area (Å²) in [4.78, 5) is 0. The number of nitrogens with one attached hydrogen (secondary N) is 2. The van der Waals surface area contributed by atoms with E-state index in [4.69, 9.17) is 4.74 Å². The Morgan fingerprint density at radius 1 is 1.08 bits per heavy atom. The van der Waals surface area contributed by atoms with Gasteiger partial charge in [0.05, 0.1) is 11.4 Å². The van der Waals surface area contributed by atoms with Crippen LogP contribution in [0.5, 0.6) is 11.5 Å². The molecule has 2 aromatic rings. The molecule has 0 aliphatic rings. The predicted octanol–water partition coefficient (Wildman–Crippen LogP) is 5.65. The highest BCUT2D eigenvalue weighted by atomic mass is 16.5. The van der Waals surface area contributed by atoms with Gasteiger partial charge in [-0.3, -0.25) is 0 Å². The van der Waals surface area contributed by atoms with E-state index in [1.807, 2.05) is 49.4 Å². The molecular weight excluding hydrogens is 300 g/mol. The number of para-hydroxylation sites is 1. The molecule has 0 aromatic heterocycles. The van der Waals surface area contributed by atoms with E-state index in [1.54, 1.807) is 0 Å². The van der Waals surface area contributed by atoms with Crippen molar-refractivity contribution in [3.63, 3.8) is 0 Å². The van der Waals surface area contributed by atoms with Crippen molar-refractivity contribution in [3.05, 3.63) is 54.6 Å². The Bertz CT molecular complexity index is 669. The smallest absolute Gasteiger partial charge is 0.173 e. The molecule has 0 saturated carbocycles. The van der Waals surface area contributed by atoms with Crippen LogP contribution in [-0.4, -0.2) is 18.2 Å². The summed E-state index contributed by atoms with van der Waals surface area (Å²) >= 11 is 0. The van der Waals surface area contributed by atoms with Crippen LogP contribution in [0.1, 0.15) is 32.3 Å². The summed E-state index contributed by atoms with van der Waals surface area (Å²) in [5.41, 5.74) is 2.34. The molecular formula is C20H26N2O2. The molecule has 128 valence electrons. The lowest BCUT2D eigenvalue weighted by Crippen LogP contribution is -2.07. The fourth-order valence-electron chi connectivity index (χ4n) is 2.36. The van der Waals surface area contributed by atoms with E-state index in [2.05, 4.69) is 24.1 Å². The van der Waals surface area contributed by atoms with Gasteiger partial charge in [0.25, 0.3) is 0 Å². The molecule has 0 bridgehead atoms. The first-order chi connectivity index (χ1) is 11.7. The number of benzene rings is 2. The quantitative estimate of drug-likeness (QED) is 0.411. The number of aliphatic hydroxyl groups is 1. The summed E-state index contributed by atoms with van der Waals surface area (Å²) in [6.07, 6.45) is 2.17. The molecule has 0 saturated heterocycles. The van der Waals surface area contributed by atoms with Crippen LogP contribution < -0.4 is 15.4 Å². The highest BCUT2D eigenvalue weighted by Gasteiger charge is 2.14. The van der Waals surface area contributed by atoms with Crippen molar-refractivity contribution < 1.29 is 9.84 Å². The summed E-state index contributed by atoms with van der Waals surface area (Å²) < 4.78 is 6.12. The molecule has 3 N–H and O–H groups in total. The second-order valence-electron chi connectivity index (χ2n) is 5.57. The maximum Gasteiger partial charge on any atom is 0.173 e. The Labute approximate surface area is 144 Å². The van der Waals surface area contributed by atoms with E-state index in [0.717, 1.165) is 48.8 Å². The van der Waals surface area contributed by atoms with Crippen LogP contribution in [0.4, 0.5) is 11.4 Å². The Hall–Kier alpha value is -2.62. The topological polar surface area (TPSA) is 53.5 Å². The van der Waals surface area contributed by atoms with Gasteiger partial charge in [0.2, 0.25) is 0 Å². The highest BCUT2D eigenvalue weighted by molar-refractivity contribution is 5.78. The first-order valence-corrected chi connectivity index (χ1v) is 8.42. The van der Waals surface area contributed by atoms with E-state index in [-0.39, 0.29) is 5.76 Å². The second kappa shape index (κ2) is 8.87. The van der Waals surface area contributed by atoms with E-state index >= 15 is 0 Å². The van der Waals surface area contributed by atoms with Gasteiger partial charge < -0.3 is 20.5 Å². The van der Waals surface area contributed by atoms with E-state index in [1.165, 1.54) is 0 Å². The van der Waals surface area contributed by atoms with Crippen LogP contribution in [0.15, 0.2) is 49.0 Å². The van der Waals surface area contributed by atoms with Gasteiger partial charge in [-0.05, 0) is 37.6 Å². The third kappa shape index (κ3) is 4.69. The lowest BCUT2D eigenvalue weighted by Gasteiger charge is -2.19. The van der Waals surface area contributed by atoms with Gasteiger partial charge in [-0.2, -0.15) is 0 Å². The number of ether oxygens (including phenoxy) is 1. The second-order valence-corrected chi connectivity index (χ2v) is 5.57. The van der Waals surface area contributed by atoms with Crippen molar-refractivity contribution in [3.8, 4) is 11.5 Å². The Kier molecular flexibility index (Phi) is 6.55. The Balaban J connectivity index is 2.43. The van der Waals surface area contributed by atoms with E-state index < -0.39 is 0 Å². The largest absolute Gasteiger partial charge is 0.508 e. The fraction of sp³-hybridized carbons (Fsp3) is 0.300. The molecule has 0 fully saturated rings. The minimum absolute atomic E-state index is 0.0407. The first-order valence-electron chi connectivity index (χ1n) is 8.42. The normalized spacial score (nSPS) is 10.2. The van der Waals surface area contributed by atoms with Crippen LogP contribution in [0.3, 0.4) is 0 Å². The molecule has 24 heavy (non-hydrogen) atoms. The number of hydrogen-bond donors (Lipinski definition) is 3. The number of aliphatic hydroxyl groups excluding tert-OH is 1. The highest BCUT2D eigenvalue weighted by Crippen LogP contribution is 2.39. The zero-order valence-electron chi connectivity index (χ0n) is 14.4. The molecule has 0 aliphatic carbocycles. The van der Waals surface area contributed by atoms with Gasteiger partial charge in [0.15, 0.2) is 5.75 Å². The molecule has 0 amide bonds. The standard InChI is InChI=1S/C20H26N2O2/c1-4-6-12-22-19-14-16(15(3)23)13-18(21-5-2)20(19)24-17-10-8-7-9-11-17/h7-11,13-14,21-23H,3-6,12H2,1-2H3. The molecule has 4 nitrogen and oxygen atoms in total. The lowest BCUT2D eigenvalue weighted by molar-refractivity contribution is 0.485. The first kappa shape index (κ1) is 17.7. The third-order valence-electron chi connectivity index (χ3n) is 3.60. The van der Waals surface area contributed by atoms with Crippen LogP contribution in [0, 0.1) is 0 Å². The number of hydrogen-bond acceptors (Lipinski definition) is 4. The fourth-order valence-corrected chi connectivity index (χ4v) is 2.36. The number of unbranched alkanes of at least 4 members (excludes halogenated alkanes) is 1. The van der Waals surface area contributed by atoms with Gasteiger partial charge in [-0.1, -0.05) is 38.1 Å². The average molecular weight is 326 g/mol. The Morgan fingerprint density at radius 3 is 2.33 bits per heavy atom. The number of rotatable bonds is 9. The van der Waals surface area contributed by atoms with Crippen molar-refractivity contribution in [2.75, 3.05) is 23.7 Å². The molecule has 0 atom stereocenters. The summed E-state index contributed by atoms with van der Waals surface area (Å²) in [5.74, 6) is 1.54. The lowest BCUT2D eigenvalue weighted by atomic mass is 10.1. The van der Waals surface area contributed by atoms with E-state index in [0.29, 0.717) is 5.56 Å². The van der Waals surface area contributed by atoms with Crippen LogP contribution in [0.2, 0.25) is 0 Å². The van der Waals surface area contributed by atoms with Gasteiger partial charge in [0.1, 0.15) is 11.5 Å². The molecule has 0 aliphatic heterocycles. The molecule has 2 rings (SSSR count). The molecule has 0 unspecified atom stereocenters. The summed E-state index contributed by atoms with van der Waals surface area (Å²) in [7, 11) is 0. The van der Waals surface area contributed by atoms with Gasteiger partial charge in [-0.15, -0.1) is 0 Å². The molecule has 4 heteroatoms. The summed E-state index contributed by atoms with van der Waals surface area (Å²) in [5, 5.41) is 16.5. The zero-order chi connectivity index (χ0) is 17.4. The SMILES string of the molecule is C=C(O)c1cc(NCC)c(Oc2ccccc2)c(NCCCC)c1. The predicted molar refractivity (Wildman–Crippen MR) is 102 cm³/mol. The summed E-state index contributed by atoms with van der Waals surface area (Å²) in [6.45, 7) is 9.41. The molecule has 0 radical (unpaired) electrons. The summed E-state index contributed by atoms with van der Waals surface area (Å²) in [6, 6.07) is 13.4. The van der Waals surface area contributed by atoms with Crippen LogP contribution in [-0.2, 0) is 0 Å². The minimum atomic E-state index is 0.0407. The van der Waals surface area contributed by atoms with Crippen molar-refractivity contribution in [2.45, 2.75) is 26.7 Å². The number of anilines is 2. The minimum Gasteiger partial charge on any atom is -0.508 e. The third-order valence-corrected chi connectivity index (χ3v) is 3.60. The molecule has 0 spiro atoms.